The molecule has 0 spiro atoms. The lowest BCUT2D eigenvalue weighted by Gasteiger charge is -2.05. The Morgan fingerprint density at radius 3 is 2.56 bits per heavy atom. The van der Waals surface area contributed by atoms with E-state index in [0.717, 1.165) is 0 Å². The van der Waals surface area contributed by atoms with Crippen LogP contribution in [0.2, 0.25) is 5.02 Å². The van der Waals surface area contributed by atoms with E-state index in [4.69, 9.17) is 29.6 Å². The van der Waals surface area contributed by atoms with Crippen molar-refractivity contribution in [2.24, 2.45) is 0 Å². The second-order valence-corrected chi connectivity index (χ2v) is 3.99. The summed E-state index contributed by atoms with van der Waals surface area (Å²) in [5.41, 5.74) is 6.25. The van der Waals surface area contributed by atoms with Gasteiger partial charge >= 0.3 is 0 Å². The molecule has 1 aromatic carbocycles. The zero-order valence-electron chi connectivity index (χ0n) is 8.08. The highest BCUT2D eigenvalue weighted by Gasteiger charge is 2.11. The minimum absolute atomic E-state index is 0.193. The number of nitrogens with one attached hydrogen (secondary N) is 2. The molecule has 0 radical (unpaired) electrons. The number of aromatic amines is 2. The van der Waals surface area contributed by atoms with E-state index in [-0.39, 0.29) is 16.1 Å². The maximum Gasteiger partial charge on any atom is 0.261 e. The minimum Gasteiger partial charge on any atom is -0.385 e. The zero-order valence-corrected chi connectivity index (χ0v) is 9.65. The van der Waals surface area contributed by atoms with Gasteiger partial charge in [0.1, 0.15) is 5.82 Å². The molecule has 0 saturated heterocycles. The first-order valence-corrected chi connectivity index (χ1v) is 5.25. The summed E-state index contributed by atoms with van der Waals surface area (Å²) in [5.74, 6) is 0.210. The van der Waals surface area contributed by atoms with E-state index in [2.05, 4.69) is 9.97 Å². The van der Waals surface area contributed by atoms with Crippen molar-refractivity contribution in [1.29, 1.82) is 0 Å². The first kappa shape index (κ1) is 10.9. The normalized spacial score (nSPS) is 10.3. The van der Waals surface area contributed by atoms with Crippen LogP contribution in [0.4, 0.5) is 5.82 Å². The number of hydrogen-bond donors (Lipinski definition) is 3. The van der Waals surface area contributed by atoms with Gasteiger partial charge in [-0.25, -0.2) is 0 Å². The smallest absolute Gasteiger partial charge is 0.261 e. The van der Waals surface area contributed by atoms with Crippen LogP contribution in [0.5, 0.6) is 0 Å². The molecule has 0 atom stereocenters. The number of nitrogens with two attached hydrogens (primary N) is 1. The molecule has 1 heterocycles. The number of anilines is 1. The number of rotatable bonds is 1. The molecular weight excluding hydrogens is 246 g/mol. The Bertz CT molecular complexity index is 647. The molecule has 0 fully saturated rings. The Balaban J connectivity index is 2.80. The first-order valence-electron chi connectivity index (χ1n) is 4.46. The van der Waals surface area contributed by atoms with Crippen LogP contribution in [0.3, 0.4) is 0 Å². The monoisotopic (exact) mass is 253 g/mol. The molecular formula is C10H8ClN3OS. The number of halogens is 1. The minimum atomic E-state index is -0.352. The van der Waals surface area contributed by atoms with Crippen LogP contribution >= 0.6 is 23.8 Å². The molecule has 82 valence electrons. The lowest BCUT2D eigenvalue weighted by atomic mass is 10.1. The van der Waals surface area contributed by atoms with Gasteiger partial charge in [0.2, 0.25) is 0 Å². The van der Waals surface area contributed by atoms with E-state index in [9.17, 15) is 4.79 Å². The molecule has 16 heavy (non-hydrogen) atoms. The Morgan fingerprint density at radius 2 is 1.94 bits per heavy atom. The van der Waals surface area contributed by atoms with E-state index in [0.29, 0.717) is 16.1 Å². The molecule has 4 N–H and O–H groups in total. The van der Waals surface area contributed by atoms with Crippen molar-refractivity contribution in [3.8, 4) is 11.1 Å². The summed E-state index contributed by atoms with van der Waals surface area (Å²) in [5, 5.41) is 0.463. The fraction of sp³-hybridized carbons (Fsp3) is 0. The molecule has 0 amide bonds. The number of benzene rings is 1. The SMILES string of the molecule is Nc1[nH]c(=S)[nH]c(=O)c1-c1ccccc1Cl. The Hall–Kier alpha value is -1.59. The molecule has 0 aliphatic carbocycles. The molecule has 2 rings (SSSR count). The van der Waals surface area contributed by atoms with Crippen LogP contribution in [0.15, 0.2) is 29.1 Å². The van der Waals surface area contributed by atoms with Gasteiger partial charge in [0.25, 0.3) is 5.56 Å². The number of H-pyrrole nitrogens is 2. The lowest BCUT2D eigenvalue weighted by Crippen LogP contribution is -2.14. The van der Waals surface area contributed by atoms with Gasteiger partial charge in [0.05, 0.1) is 5.56 Å². The topological polar surface area (TPSA) is 74.7 Å². The van der Waals surface area contributed by atoms with Gasteiger partial charge in [0, 0.05) is 10.6 Å². The number of hydrogen-bond acceptors (Lipinski definition) is 3. The summed E-state index contributed by atoms with van der Waals surface area (Å²) < 4.78 is 0.193. The first-order chi connectivity index (χ1) is 7.59. The predicted molar refractivity (Wildman–Crippen MR) is 67.1 cm³/mol. The van der Waals surface area contributed by atoms with E-state index in [1.54, 1.807) is 24.3 Å². The van der Waals surface area contributed by atoms with Crippen LogP contribution in [0.1, 0.15) is 0 Å². The summed E-state index contributed by atoms with van der Waals surface area (Å²) in [7, 11) is 0. The van der Waals surface area contributed by atoms with Crippen LogP contribution in [-0.4, -0.2) is 9.97 Å². The maximum absolute atomic E-state index is 11.7. The van der Waals surface area contributed by atoms with Gasteiger partial charge in [-0.1, -0.05) is 29.8 Å². The highest BCUT2D eigenvalue weighted by Crippen LogP contribution is 2.27. The van der Waals surface area contributed by atoms with Gasteiger partial charge in [0.15, 0.2) is 4.77 Å². The summed E-state index contributed by atoms with van der Waals surface area (Å²) >= 11 is 10.8. The molecule has 0 saturated carbocycles. The Labute approximate surface area is 101 Å². The second kappa shape index (κ2) is 4.11. The van der Waals surface area contributed by atoms with E-state index < -0.39 is 0 Å². The van der Waals surface area contributed by atoms with Crippen molar-refractivity contribution in [2.45, 2.75) is 0 Å². The van der Waals surface area contributed by atoms with Crippen molar-refractivity contribution in [2.75, 3.05) is 5.73 Å². The average Bonchev–Trinajstić information content (AvgIpc) is 2.19. The molecule has 0 unspecified atom stereocenters. The van der Waals surface area contributed by atoms with Gasteiger partial charge in [-0.2, -0.15) is 0 Å². The highest BCUT2D eigenvalue weighted by molar-refractivity contribution is 7.71. The van der Waals surface area contributed by atoms with Crippen molar-refractivity contribution in [3.63, 3.8) is 0 Å². The third kappa shape index (κ3) is 1.87. The van der Waals surface area contributed by atoms with Crippen LogP contribution in [0, 0.1) is 4.77 Å². The van der Waals surface area contributed by atoms with E-state index >= 15 is 0 Å². The molecule has 6 heteroatoms. The van der Waals surface area contributed by atoms with Gasteiger partial charge in [-0.15, -0.1) is 0 Å². The van der Waals surface area contributed by atoms with Crippen LogP contribution in [0.25, 0.3) is 11.1 Å². The van der Waals surface area contributed by atoms with Crippen molar-refractivity contribution < 1.29 is 0 Å². The van der Waals surface area contributed by atoms with Crippen molar-refractivity contribution in [1.82, 2.24) is 9.97 Å². The summed E-state index contributed by atoms with van der Waals surface area (Å²) in [4.78, 5) is 16.9. The Morgan fingerprint density at radius 1 is 1.25 bits per heavy atom. The quantitative estimate of drug-likeness (QED) is 0.683. The van der Waals surface area contributed by atoms with E-state index in [1.165, 1.54) is 0 Å². The Kier molecular flexibility index (Phi) is 2.80. The van der Waals surface area contributed by atoms with Gasteiger partial charge < -0.3 is 10.7 Å². The molecule has 0 aliphatic heterocycles. The fourth-order valence-electron chi connectivity index (χ4n) is 1.44. The van der Waals surface area contributed by atoms with Crippen molar-refractivity contribution in [3.05, 3.63) is 44.4 Å². The molecule has 1 aromatic heterocycles. The third-order valence-corrected chi connectivity index (χ3v) is 2.65. The highest BCUT2D eigenvalue weighted by atomic mass is 35.5. The van der Waals surface area contributed by atoms with Gasteiger partial charge in [-0.05, 0) is 18.3 Å². The largest absolute Gasteiger partial charge is 0.385 e. The summed E-state index contributed by atoms with van der Waals surface area (Å²) in [6, 6.07) is 6.97. The average molecular weight is 254 g/mol. The second-order valence-electron chi connectivity index (χ2n) is 3.18. The molecule has 4 nitrogen and oxygen atoms in total. The van der Waals surface area contributed by atoms with Crippen molar-refractivity contribution >= 4 is 29.6 Å². The lowest BCUT2D eigenvalue weighted by molar-refractivity contribution is 1.10. The predicted octanol–water partition coefficient (Wildman–Crippen LogP) is 2.34. The van der Waals surface area contributed by atoms with Gasteiger partial charge in [-0.3, -0.25) is 9.78 Å². The van der Waals surface area contributed by atoms with E-state index in [1.807, 2.05) is 0 Å². The zero-order chi connectivity index (χ0) is 11.7. The summed E-state index contributed by atoms with van der Waals surface area (Å²) in [6.07, 6.45) is 0. The molecule has 0 bridgehead atoms. The number of nitrogen functional groups attached to an aromatic ring is 1. The third-order valence-electron chi connectivity index (χ3n) is 2.11. The van der Waals surface area contributed by atoms with Crippen LogP contribution in [-0.2, 0) is 0 Å². The number of aromatic nitrogens is 2. The molecule has 2 aromatic rings. The summed E-state index contributed by atoms with van der Waals surface area (Å²) in [6.45, 7) is 0. The molecule has 0 aliphatic rings. The fourth-order valence-corrected chi connectivity index (χ4v) is 1.87. The van der Waals surface area contributed by atoms with Crippen LogP contribution < -0.4 is 11.3 Å². The standard InChI is InChI=1S/C10H8ClN3OS/c11-6-4-2-1-3-5(6)7-8(12)13-10(16)14-9(7)15/h1-4H,(H4,12,13,14,15,16). The maximum atomic E-state index is 11.7.